The van der Waals surface area contributed by atoms with Crippen molar-refractivity contribution >= 4 is 22.8 Å². The summed E-state index contributed by atoms with van der Waals surface area (Å²) in [6, 6.07) is 14.0. The summed E-state index contributed by atoms with van der Waals surface area (Å²) in [7, 11) is 0. The highest BCUT2D eigenvalue weighted by Gasteiger charge is 2.44. The molecule has 2 unspecified atom stereocenters. The number of aromatic nitrogens is 1. The quantitative estimate of drug-likeness (QED) is 0.596. The van der Waals surface area contributed by atoms with Gasteiger partial charge in [-0.15, -0.1) is 0 Å². The van der Waals surface area contributed by atoms with Crippen molar-refractivity contribution in [2.24, 2.45) is 5.92 Å². The van der Waals surface area contributed by atoms with Crippen LogP contribution < -0.4 is 5.32 Å². The summed E-state index contributed by atoms with van der Waals surface area (Å²) >= 11 is 0. The number of benzene rings is 2. The second kappa shape index (κ2) is 8.08. The minimum absolute atomic E-state index is 0.00839. The summed E-state index contributed by atoms with van der Waals surface area (Å²) in [6.45, 7) is 1.85. The van der Waals surface area contributed by atoms with Crippen molar-refractivity contribution in [3.05, 3.63) is 71.2 Å². The molecule has 32 heavy (non-hydrogen) atoms. The van der Waals surface area contributed by atoms with Crippen LogP contribution in [0, 0.1) is 11.7 Å². The molecular weight excluding hydrogens is 407 g/mol. The maximum absolute atomic E-state index is 14.1. The number of rotatable bonds is 6. The molecule has 0 radical (unpaired) electrons. The fraction of sp³-hybridized carbons (Fsp3) is 0.385. The molecule has 4 atom stereocenters. The Labute approximate surface area is 186 Å². The van der Waals surface area contributed by atoms with Gasteiger partial charge in [-0.05, 0) is 67.3 Å². The largest absolute Gasteiger partial charge is 0.480 e. The van der Waals surface area contributed by atoms with Gasteiger partial charge in [0.2, 0.25) is 5.91 Å². The summed E-state index contributed by atoms with van der Waals surface area (Å²) in [5.74, 6) is -0.844. The first-order valence-corrected chi connectivity index (χ1v) is 11.4. The van der Waals surface area contributed by atoms with Crippen molar-refractivity contribution in [3.8, 4) is 0 Å². The molecule has 1 amide bonds. The van der Waals surface area contributed by atoms with E-state index in [1.807, 2.05) is 29.7 Å². The Hall–Kier alpha value is -3.15. The first-order chi connectivity index (χ1) is 15.5. The third-order valence-corrected chi connectivity index (χ3v) is 7.05. The molecule has 2 aromatic carbocycles. The van der Waals surface area contributed by atoms with Gasteiger partial charge in [0.15, 0.2) is 0 Å². The highest BCUT2D eigenvalue weighted by molar-refractivity contribution is 5.89. The third kappa shape index (κ3) is 3.57. The average Bonchev–Trinajstić information content (AvgIpc) is 3.54. The van der Waals surface area contributed by atoms with Gasteiger partial charge in [0.05, 0.1) is 0 Å². The number of amides is 1. The van der Waals surface area contributed by atoms with Crippen molar-refractivity contribution in [1.82, 2.24) is 9.88 Å². The summed E-state index contributed by atoms with van der Waals surface area (Å²) in [6.07, 6.45) is 3.32. The lowest BCUT2D eigenvalue weighted by molar-refractivity contribution is -0.141. The van der Waals surface area contributed by atoms with Crippen LogP contribution in [0.25, 0.3) is 10.9 Å². The zero-order valence-corrected chi connectivity index (χ0v) is 18.1. The first kappa shape index (κ1) is 20.7. The molecule has 5 rings (SSSR count). The van der Waals surface area contributed by atoms with Crippen LogP contribution in [-0.4, -0.2) is 27.6 Å². The van der Waals surface area contributed by atoms with E-state index in [0.717, 1.165) is 35.0 Å². The third-order valence-electron chi connectivity index (χ3n) is 7.05. The minimum atomic E-state index is -0.882. The van der Waals surface area contributed by atoms with Crippen LogP contribution in [0.1, 0.15) is 55.0 Å². The molecular formula is C26H27FN2O3. The number of nitrogens with zero attached hydrogens (tertiary/aromatic N) is 1. The smallest absolute Gasteiger partial charge is 0.326 e. The Morgan fingerprint density at radius 2 is 2.00 bits per heavy atom. The van der Waals surface area contributed by atoms with E-state index in [9.17, 15) is 19.1 Å². The number of fused-ring (bicyclic) bond motifs is 3. The number of hydrogen-bond acceptors (Lipinski definition) is 2. The molecule has 0 spiro atoms. The maximum atomic E-state index is 14.1. The van der Waals surface area contributed by atoms with Gasteiger partial charge in [0, 0.05) is 28.6 Å². The number of aliphatic carboxylic acids is 1. The number of carbonyl (C=O) groups is 2. The van der Waals surface area contributed by atoms with Crippen LogP contribution in [0.2, 0.25) is 0 Å². The number of hydrogen-bond donors (Lipinski definition) is 2. The molecule has 6 heteroatoms. The SMILES string of the molecule is CCC(C(=O)O)n1c2c(c3cc(F)ccc31)CC(NC(=O)[C@@H]1C[C@H]1c1ccccc1)CC2. The zero-order chi connectivity index (χ0) is 22.4. The van der Waals surface area contributed by atoms with Crippen LogP contribution >= 0.6 is 0 Å². The molecule has 5 nitrogen and oxygen atoms in total. The van der Waals surface area contributed by atoms with Gasteiger partial charge >= 0.3 is 5.97 Å². The average molecular weight is 435 g/mol. The number of carboxylic acid groups (broad SMARTS) is 1. The normalized spacial score (nSPS) is 22.9. The van der Waals surface area contributed by atoms with Crippen LogP contribution in [0.3, 0.4) is 0 Å². The lowest BCUT2D eigenvalue weighted by Gasteiger charge is -2.26. The van der Waals surface area contributed by atoms with Gasteiger partial charge in [-0.25, -0.2) is 9.18 Å². The zero-order valence-electron chi connectivity index (χ0n) is 18.1. The molecule has 0 bridgehead atoms. The maximum Gasteiger partial charge on any atom is 0.326 e. The highest BCUT2D eigenvalue weighted by Crippen LogP contribution is 2.47. The van der Waals surface area contributed by atoms with E-state index in [1.54, 1.807) is 6.07 Å². The van der Waals surface area contributed by atoms with E-state index < -0.39 is 12.0 Å². The lowest BCUT2D eigenvalue weighted by Crippen LogP contribution is -2.40. The highest BCUT2D eigenvalue weighted by atomic mass is 19.1. The minimum Gasteiger partial charge on any atom is -0.480 e. The summed E-state index contributed by atoms with van der Waals surface area (Å²) in [5, 5.41) is 13.7. The van der Waals surface area contributed by atoms with Crippen LogP contribution in [0.5, 0.6) is 0 Å². The fourth-order valence-electron chi connectivity index (χ4n) is 5.37. The predicted molar refractivity (Wildman–Crippen MR) is 120 cm³/mol. The Morgan fingerprint density at radius 3 is 2.72 bits per heavy atom. The van der Waals surface area contributed by atoms with E-state index in [2.05, 4.69) is 17.4 Å². The first-order valence-electron chi connectivity index (χ1n) is 11.4. The van der Waals surface area contributed by atoms with Crippen LogP contribution in [0.4, 0.5) is 4.39 Å². The fourth-order valence-corrected chi connectivity index (χ4v) is 5.37. The Morgan fingerprint density at radius 1 is 1.22 bits per heavy atom. The van der Waals surface area contributed by atoms with Gasteiger partial charge < -0.3 is 15.0 Å². The molecule has 3 aromatic rings. The van der Waals surface area contributed by atoms with Gasteiger partial charge in [0.1, 0.15) is 11.9 Å². The number of carboxylic acids is 1. The molecule has 0 aliphatic heterocycles. The Kier molecular flexibility index (Phi) is 5.24. The molecule has 1 heterocycles. The summed E-state index contributed by atoms with van der Waals surface area (Å²) < 4.78 is 16.0. The van der Waals surface area contributed by atoms with Gasteiger partial charge in [-0.2, -0.15) is 0 Å². The number of carbonyl (C=O) groups excluding carboxylic acids is 1. The number of nitrogens with one attached hydrogen (secondary N) is 1. The molecule has 1 fully saturated rings. The molecule has 2 aliphatic rings. The molecule has 2 aliphatic carbocycles. The van der Waals surface area contributed by atoms with E-state index >= 15 is 0 Å². The topological polar surface area (TPSA) is 71.3 Å². The molecule has 1 saturated carbocycles. The van der Waals surface area contributed by atoms with Crippen molar-refractivity contribution in [3.63, 3.8) is 0 Å². The predicted octanol–water partition coefficient (Wildman–Crippen LogP) is 4.59. The van der Waals surface area contributed by atoms with E-state index in [-0.39, 0.29) is 29.6 Å². The van der Waals surface area contributed by atoms with Crippen molar-refractivity contribution in [1.29, 1.82) is 0 Å². The van der Waals surface area contributed by atoms with E-state index in [1.165, 1.54) is 17.7 Å². The van der Waals surface area contributed by atoms with Crippen LogP contribution in [-0.2, 0) is 22.4 Å². The lowest BCUT2D eigenvalue weighted by atomic mass is 9.91. The summed E-state index contributed by atoms with van der Waals surface area (Å²) in [4.78, 5) is 24.8. The molecule has 166 valence electrons. The van der Waals surface area contributed by atoms with Crippen molar-refractivity contribution in [2.45, 2.75) is 57.0 Å². The molecule has 1 aromatic heterocycles. The Balaban J connectivity index is 1.39. The second-order valence-corrected chi connectivity index (χ2v) is 9.03. The Bertz CT molecular complexity index is 1190. The summed E-state index contributed by atoms with van der Waals surface area (Å²) in [5.41, 5.74) is 3.88. The van der Waals surface area contributed by atoms with Crippen molar-refractivity contribution < 1.29 is 19.1 Å². The second-order valence-electron chi connectivity index (χ2n) is 9.03. The van der Waals surface area contributed by atoms with Crippen LogP contribution in [0.15, 0.2) is 48.5 Å². The van der Waals surface area contributed by atoms with E-state index in [4.69, 9.17) is 0 Å². The monoisotopic (exact) mass is 434 g/mol. The van der Waals surface area contributed by atoms with Crippen molar-refractivity contribution in [2.75, 3.05) is 0 Å². The number of halogens is 1. The molecule has 0 saturated heterocycles. The standard InChI is InChI=1S/C26H27FN2O3/c1-2-22(26(31)32)29-23-10-8-16(27)12-19(23)20-13-17(9-11-24(20)29)28-25(30)21-14-18(21)15-6-4-3-5-7-15/h3-8,10,12,17-18,21-22H,2,9,11,13-14H2,1H3,(H,28,30)(H,31,32)/t17?,18-,21+,22?/m0/s1. The molecule has 2 N–H and O–H groups in total. The van der Waals surface area contributed by atoms with Gasteiger partial charge in [-0.1, -0.05) is 37.3 Å². The van der Waals surface area contributed by atoms with E-state index in [0.29, 0.717) is 19.3 Å². The van der Waals surface area contributed by atoms with Gasteiger partial charge in [0.25, 0.3) is 0 Å². The van der Waals surface area contributed by atoms with Gasteiger partial charge in [-0.3, -0.25) is 4.79 Å².